The molecule has 4 nitrogen and oxygen atoms in total. The summed E-state index contributed by atoms with van der Waals surface area (Å²) < 4.78 is 18.5. The van der Waals surface area contributed by atoms with Crippen LogP contribution in [0, 0.1) is 5.82 Å². The summed E-state index contributed by atoms with van der Waals surface area (Å²) in [5.41, 5.74) is 0.818. The van der Waals surface area contributed by atoms with Gasteiger partial charge in [0.05, 0.1) is 5.02 Å². The van der Waals surface area contributed by atoms with Gasteiger partial charge in [0.25, 0.3) is 5.91 Å². The minimum atomic E-state index is -0.963. The zero-order valence-corrected chi connectivity index (χ0v) is 14.6. The number of esters is 1. The number of rotatable bonds is 7. The van der Waals surface area contributed by atoms with Gasteiger partial charge in [-0.2, -0.15) is 0 Å². The number of benzene rings is 2. The van der Waals surface area contributed by atoms with Crippen molar-refractivity contribution < 1.29 is 18.7 Å². The van der Waals surface area contributed by atoms with Crippen molar-refractivity contribution in [3.05, 3.63) is 70.5 Å². The van der Waals surface area contributed by atoms with Crippen LogP contribution in [0.25, 0.3) is 0 Å². The molecule has 0 bridgehead atoms. The van der Waals surface area contributed by atoms with Gasteiger partial charge in [0.2, 0.25) is 0 Å². The number of ether oxygens (including phenoxy) is 1. The lowest BCUT2D eigenvalue weighted by molar-refractivity contribution is -0.124. The maximum Gasteiger partial charge on any atom is 0.343 e. The lowest BCUT2D eigenvalue weighted by Gasteiger charge is -2.14. The first-order valence-corrected chi connectivity index (χ1v) is 8.29. The Bertz CT molecular complexity index is 716. The summed E-state index contributed by atoms with van der Waals surface area (Å²) in [7, 11) is 0. The molecule has 1 N–H and O–H groups in total. The molecule has 0 saturated carbocycles. The SMILES string of the molecule is C[C@H](CCc1ccccc1)NC(=O)COC(=O)c1c(F)cccc1Cl. The minimum Gasteiger partial charge on any atom is -0.452 e. The Kier molecular flexibility index (Phi) is 6.95. The van der Waals surface area contributed by atoms with E-state index in [1.54, 1.807) is 0 Å². The Morgan fingerprint density at radius 2 is 1.88 bits per heavy atom. The Morgan fingerprint density at radius 3 is 2.56 bits per heavy atom. The summed E-state index contributed by atoms with van der Waals surface area (Å²) in [6, 6.07) is 13.7. The van der Waals surface area contributed by atoms with E-state index < -0.39 is 24.3 Å². The highest BCUT2D eigenvalue weighted by molar-refractivity contribution is 6.33. The molecule has 0 unspecified atom stereocenters. The number of hydrogen-bond donors (Lipinski definition) is 1. The van der Waals surface area contributed by atoms with Crippen molar-refractivity contribution in [3.63, 3.8) is 0 Å². The second-order valence-electron chi connectivity index (χ2n) is 5.67. The zero-order valence-electron chi connectivity index (χ0n) is 13.8. The van der Waals surface area contributed by atoms with Gasteiger partial charge in [-0.1, -0.05) is 48.0 Å². The van der Waals surface area contributed by atoms with Gasteiger partial charge in [-0.25, -0.2) is 9.18 Å². The summed E-state index contributed by atoms with van der Waals surface area (Å²) >= 11 is 5.78. The van der Waals surface area contributed by atoms with Crippen molar-refractivity contribution in [2.75, 3.05) is 6.61 Å². The molecule has 2 aromatic carbocycles. The average molecular weight is 364 g/mol. The van der Waals surface area contributed by atoms with Crippen LogP contribution in [-0.4, -0.2) is 24.5 Å². The fourth-order valence-corrected chi connectivity index (χ4v) is 2.55. The summed E-state index contributed by atoms with van der Waals surface area (Å²) in [5, 5.41) is 2.69. The lowest BCUT2D eigenvalue weighted by atomic mass is 10.1. The number of carbonyl (C=O) groups is 2. The molecule has 0 aliphatic heterocycles. The van der Waals surface area contributed by atoms with Crippen molar-refractivity contribution in [2.45, 2.75) is 25.8 Å². The van der Waals surface area contributed by atoms with Crippen LogP contribution >= 0.6 is 11.6 Å². The molecule has 2 rings (SSSR count). The average Bonchev–Trinajstić information content (AvgIpc) is 2.59. The van der Waals surface area contributed by atoms with Crippen molar-refractivity contribution in [1.82, 2.24) is 5.32 Å². The van der Waals surface area contributed by atoms with Crippen LogP contribution in [0.4, 0.5) is 4.39 Å². The summed E-state index contributed by atoms with van der Waals surface area (Å²) in [4.78, 5) is 23.7. The van der Waals surface area contributed by atoms with Crippen LogP contribution in [0.5, 0.6) is 0 Å². The van der Waals surface area contributed by atoms with Gasteiger partial charge in [-0.15, -0.1) is 0 Å². The zero-order chi connectivity index (χ0) is 18.2. The molecule has 0 heterocycles. The Morgan fingerprint density at radius 1 is 1.16 bits per heavy atom. The minimum absolute atomic E-state index is 0.0540. The number of halogens is 2. The van der Waals surface area contributed by atoms with Gasteiger partial charge in [0.1, 0.15) is 11.4 Å². The first-order chi connectivity index (χ1) is 12.0. The van der Waals surface area contributed by atoms with Gasteiger partial charge in [-0.05, 0) is 37.5 Å². The molecule has 0 fully saturated rings. The molecule has 0 spiro atoms. The van der Waals surface area contributed by atoms with E-state index in [0.717, 1.165) is 18.9 Å². The Hall–Kier alpha value is -2.40. The van der Waals surface area contributed by atoms with E-state index in [2.05, 4.69) is 5.32 Å². The van der Waals surface area contributed by atoms with Gasteiger partial charge in [0.15, 0.2) is 6.61 Å². The van der Waals surface area contributed by atoms with E-state index in [9.17, 15) is 14.0 Å². The van der Waals surface area contributed by atoms with Crippen LogP contribution in [-0.2, 0) is 16.0 Å². The fraction of sp³-hybridized carbons (Fsp3) is 0.263. The van der Waals surface area contributed by atoms with Crippen molar-refractivity contribution in [2.24, 2.45) is 0 Å². The highest BCUT2D eigenvalue weighted by Gasteiger charge is 2.18. The molecule has 0 aromatic heterocycles. The summed E-state index contributed by atoms with van der Waals surface area (Å²) in [6.07, 6.45) is 1.58. The molecule has 0 aliphatic rings. The van der Waals surface area contributed by atoms with Crippen LogP contribution < -0.4 is 5.32 Å². The third-order valence-electron chi connectivity index (χ3n) is 3.62. The van der Waals surface area contributed by atoms with Crippen molar-refractivity contribution >= 4 is 23.5 Å². The molecule has 0 aliphatic carbocycles. The van der Waals surface area contributed by atoms with E-state index in [1.807, 2.05) is 37.3 Å². The second kappa shape index (κ2) is 9.18. The maximum atomic E-state index is 13.6. The number of hydrogen-bond acceptors (Lipinski definition) is 3. The standard InChI is InChI=1S/C19H19ClFNO3/c1-13(10-11-14-6-3-2-4-7-14)22-17(23)12-25-19(24)18-15(20)8-5-9-16(18)21/h2-9,13H,10-12H2,1H3,(H,22,23)/t13-/m1/s1. The highest BCUT2D eigenvalue weighted by Crippen LogP contribution is 2.19. The number of aryl methyl sites for hydroxylation is 1. The molecule has 2 aromatic rings. The second-order valence-corrected chi connectivity index (χ2v) is 6.07. The van der Waals surface area contributed by atoms with E-state index in [0.29, 0.717) is 0 Å². The fourth-order valence-electron chi connectivity index (χ4n) is 2.31. The first-order valence-electron chi connectivity index (χ1n) is 7.92. The summed E-state index contributed by atoms with van der Waals surface area (Å²) in [5.74, 6) is -2.19. The molecule has 0 saturated heterocycles. The number of amides is 1. The smallest absolute Gasteiger partial charge is 0.343 e. The van der Waals surface area contributed by atoms with Crippen LogP contribution in [0.2, 0.25) is 5.02 Å². The molecular formula is C19H19ClFNO3. The topological polar surface area (TPSA) is 55.4 Å². The Labute approximate surface area is 150 Å². The molecule has 0 radical (unpaired) electrons. The van der Waals surface area contributed by atoms with Crippen LogP contribution in [0.3, 0.4) is 0 Å². The predicted molar refractivity (Wildman–Crippen MR) is 94.1 cm³/mol. The quantitative estimate of drug-likeness (QED) is 0.762. The normalized spacial score (nSPS) is 11.6. The molecule has 6 heteroatoms. The number of nitrogens with one attached hydrogen (secondary N) is 1. The molecular weight excluding hydrogens is 345 g/mol. The van der Waals surface area contributed by atoms with Crippen LogP contribution in [0.15, 0.2) is 48.5 Å². The van der Waals surface area contributed by atoms with Crippen molar-refractivity contribution in [1.29, 1.82) is 0 Å². The van der Waals surface area contributed by atoms with Gasteiger partial charge >= 0.3 is 5.97 Å². The molecule has 25 heavy (non-hydrogen) atoms. The van der Waals surface area contributed by atoms with Gasteiger partial charge in [0, 0.05) is 6.04 Å². The Balaban J connectivity index is 1.77. The molecule has 1 atom stereocenters. The van der Waals surface area contributed by atoms with E-state index in [1.165, 1.54) is 17.7 Å². The third-order valence-corrected chi connectivity index (χ3v) is 3.93. The number of carbonyl (C=O) groups excluding carboxylic acids is 2. The van der Waals surface area contributed by atoms with Gasteiger partial charge in [-0.3, -0.25) is 4.79 Å². The van der Waals surface area contributed by atoms with E-state index in [4.69, 9.17) is 16.3 Å². The summed E-state index contributed by atoms with van der Waals surface area (Å²) in [6.45, 7) is 1.38. The monoisotopic (exact) mass is 363 g/mol. The lowest BCUT2D eigenvalue weighted by Crippen LogP contribution is -2.36. The van der Waals surface area contributed by atoms with Crippen LogP contribution in [0.1, 0.15) is 29.3 Å². The predicted octanol–water partition coefficient (Wildman–Crippen LogP) is 3.77. The van der Waals surface area contributed by atoms with Crippen molar-refractivity contribution in [3.8, 4) is 0 Å². The third kappa shape index (κ3) is 5.87. The first kappa shape index (κ1) is 18.9. The van der Waals surface area contributed by atoms with E-state index >= 15 is 0 Å². The molecule has 132 valence electrons. The maximum absolute atomic E-state index is 13.6. The largest absolute Gasteiger partial charge is 0.452 e. The van der Waals surface area contributed by atoms with E-state index in [-0.39, 0.29) is 16.6 Å². The van der Waals surface area contributed by atoms with Gasteiger partial charge < -0.3 is 10.1 Å². The molecule has 1 amide bonds. The highest BCUT2D eigenvalue weighted by atomic mass is 35.5.